The van der Waals surface area contributed by atoms with Gasteiger partial charge in [-0.3, -0.25) is 4.79 Å². The maximum atomic E-state index is 12.5. The molecule has 0 radical (unpaired) electrons. The maximum Gasteiger partial charge on any atom is 0.273 e. The molecule has 7 heteroatoms. The molecule has 140 valence electrons. The second-order valence-electron chi connectivity index (χ2n) is 7.02. The van der Waals surface area contributed by atoms with Crippen LogP contribution in [-0.2, 0) is 6.42 Å². The van der Waals surface area contributed by atoms with Gasteiger partial charge in [0, 0.05) is 12.6 Å². The van der Waals surface area contributed by atoms with Gasteiger partial charge in [0.2, 0.25) is 0 Å². The normalized spacial score (nSPS) is 15.1. The molecule has 1 aliphatic carbocycles. The molecule has 1 aliphatic rings. The van der Waals surface area contributed by atoms with Crippen molar-refractivity contribution in [2.45, 2.75) is 52.2 Å². The van der Waals surface area contributed by atoms with Crippen LogP contribution in [0.3, 0.4) is 0 Å². The highest BCUT2D eigenvalue weighted by Gasteiger charge is 2.29. The van der Waals surface area contributed by atoms with Crippen molar-refractivity contribution in [3.05, 3.63) is 35.7 Å². The summed E-state index contributed by atoms with van der Waals surface area (Å²) in [6.07, 6.45) is 3.08. The highest BCUT2D eigenvalue weighted by Crippen LogP contribution is 2.31. The third kappa shape index (κ3) is 4.22. The standard InChI is InChI=1S/C19H27N5O2/c1-4-17-18(19(25)21-11-16(20)13-5-6-13)22-23-24(17)14-7-9-15(10-8-14)26-12(2)3/h7-10,12-13,16H,4-6,11,20H2,1-3H3,(H,21,25). The lowest BCUT2D eigenvalue weighted by Gasteiger charge is -2.12. The molecule has 7 nitrogen and oxygen atoms in total. The Kier molecular flexibility index (Phi) is 5.56. The molecule has 3 rings (SSSR count). The summed E-state index contributed by atoms with van der Waals surface area (Å²) in [7, 11) is 0. The van der Waals surface area contributed by atoms with E-state index in [-0.39, 0.29) is 18.1 Å². The molecule has 1 heterocycles. The molecule has 26 heavy (non-hydrogen) atoms. The van der Waals surface area contributed by atoms with Crippen molar-refractivity contribution < 1.29 is 9.53 Å². The summed E-state index contributed by atoms with van der Waals surface area (Å²) < 4.78 is 7.37. The average molecular weight is 357 g/mol. The fourth-order valence-electron chi connectivity index (χ4n) is 2.93. The lowest BCUT2D eigenvalue weighted by molar-refractivity contribution is 0.0944. The van der Waals surface area contributed by atoms with Crippen LogP contribution in [-0.4, -0.2) is 39.6 Å². The minimum atomic E-state index is -0.219. The van der Waals surface area contributed by atoms with Crippen molar-refractivity contribution in [2.75, 3.05) is 6.54 Å². The quantitative estimate of drug-likeness (QED) is 0.754. The van der Waals surface area contributed by atoms with Gasteiger partial charge < -0.3 is 15.8 Å². The van der Waals surface area contributed by atoms with Crippen LogP contribution in [0, 0.1) is 5.92 Å². The Hall–Kier alpha value is -2.41. The molecule has 0 aliphatic heterocycles. The first-order chi connectivity index (χ1) is 12.5. The number of rotatable bonds is 8. The van der Waals surface area contributed by atoms with Crippen molar-refractivity contribution >= 4 is 5.91 Å². The van der Waals surface area contributed by atoms with Gasteiger partial charge >= 0.3 is 0 Å². The van der Waals surface area contributed by atoms with Crippen LogP contribution >= 0.6 is 0 Å². The second-order valence-corrected chi connectivity index (χ2v) is 7.02. The summed E-state index contributed by atoms with van der Waals surface area (Å²) in [6.45, 7) is 6.43. The first-order valence-electron chi connectivity index (χ1n) is 9.25. The smallest absolute Gasteiger partial charge is 0.273 e. The van der Waals surface area contributed by atoms with Crippen LogP contribution in [0.25, 0.3) is 5.69 Å². The van der Waals surface area contributed by atoms with Crippen LogP contribution in [0.5, 0.6) is 5.75 Å². The summed E-state index contributed by atoms with van der Waals surface area (Å²) >= 11 is 0. The summed E-state index contributed by atoms with van der Waals surface area (Å²) in [6, 6.07) is 7.63. The number of hydrogen-bond acceptors (Lipinski definition) is 5. The zero-order chi connectivity index (χ0) is 18.7. The van der Waals surface area contributed by atoms with E-state index in [0.29, 0.717) is 24.6 Å². The molecule has 1 aromatic heterocycles. The van der Waals surface area contributed by atoms with Crippen molar-refractivity contribution in [1.29, 1.82) is 0 Å². The minimum absolute atomic E-state index is 0.0209. The first-order valence-corrected chi connectivity index (χ1v) is 9.25. The number of ether oxygens (including phenoxy) is 1. The van der Waals surface area contributed by atoms with Gasteiger partial charge in [-0.05, 0) is 63.3 Å². The molecule has 1 unspecified atom stereocenters. The number of aromatic nitrogens is 3. The molecule has 1 aromatic carbocycles. The highest BCUT2D eigenvalue weighted by molar-refractivity contribution is 5.93. The zero-order valence-electron chi connectivity index (χ0n) is 15.6. The van der Waals surface area contributed by atoms with E-state index in [1.54, 1.807) is 4.68 Å². The van der Waals surface area contributed by atoms with Crippen LogP contribution in [0.2, 0.25) is 0 Å². The number of carbonyl (C=O) groups is 1. The van der Waals surface area contributed by atoms with Gasteiger partial charge in [-0.15, -0.1) is 5.10 Å². The summed E-state index contributed by atoms with van der Waals surface area (Å²) in [5.74, 6) is 1.13. The summed E-state index contributed by atoms with van der Waals surface area (Å²) in [4.78, 5) is 12.5. The summed E-state index contributed by atoms with van der Waals surface area (Å²) in [5.41, 5.74) is 8.04. The fraction of sp³-hybridized carbons (Fsp3) is 0.526. The molecule has 1 fully saturated rings. The van der Waals surface area contributed by atoms with Gasteiger partial charge in [-0.2, -0.15) is 0 Å². The topological polar surface area (TPSA) is 95.1 Å². The number of nitrogens with one attached hydrogen (secondary N) is 1. The third-order valence-corrected chi connectivity index (χ3v) is 4.49. The Morgan fingerprint density at radius 3 is 2.62 bits per heavy atom. The number of benzene rings is 1. The van der Waals surface area contributed by atoms with E-state index in [0.717, 1.165) is 30.0 Å². The molecule has 3 N–H and O–H groups in total. The first kappa shape index (κ1) is 18.4. The number of nitrogens with two attached hydrogens (primary N) is 1. The van der Waals surface area contributed by atoms with Gasteiger partial charge in [-0.1, -0.05) is 12.1 Å². The predicted molar refractivity (Wildman–Crippen MR) is 99.5 cm³/mol. The average Bonchev–Trinajstić information content (AvgIpc) is 3.38. The molecule has 1 atom stereocenters. The highest BCUT2D eigenvalue weighted by atomic mass is 16.5. The molecule has 0 bridgehead atoms. The van der Waals surface area contributed by atoms with E-state index >= 15 is 0 Å². The minimum Gasteiger partial charge on any atom is -0.491 e. The van der Waals surface area contributed by atoms with E-state index in [9.17, 15) is 4.79 Å². The maximum absolute atomic E-state index is 12.5. The zero-order valence-corrected chi connectivity index (χ0v) is 15.6. The van der Waals surface area contributed by atoms with Crippen LogP contribution < -0.4 is 15.8 Å². The van der Waals surface area contributed by atoms with E-state index in [1.165, 1.54) is 0 Å². The number of carbonyl (C=O) groups excluding carboxylic acids is 1. The van der Waals surface area contributed by atoms with Crippen molar-refractivity contribution in [2.24, 2.45) is 11.7 Å². The summed E-state index contributed by atoms with van der Waals surface area (Å²) in [5, 5.41) is 11.2. The van der Waals surface area contributed by atoms with Crippen LogP contribution in [0.15, 0.2) is 24.3 Å². The van der Waals surface area contributed by atoms with Gasteiger partial charge in [-0.25, -0.2) is 4.68 Å². The molecule has 1 saturated carbocycles. The number of hydrogen-bond donors (Lipinski definition) is 2. The van der Waals surface area contributed by atoms with E-state index in [2.05, 4.69) is 15.6 Å². The Morgan fingerprint density at radius 1 is 1.35 bits per heavy atom. The van der Waals surface area contributed by atoms with Crippen molar-refractivity contribution in [1.82, 2.24) is 20.3 Å². The Labute approximate surface area is 153 Å². The Bertz CT molecular complexity index is 750. The second kappa shape index (κ2) is 7.86. The number of amides is 1. The van der Waals surface area contributed by atoms with Crippen molar-refractivity contribution in [3.63, 3.8) is 0 Å². The number of nitrogens with zero attached hydrogens (tertiary/aromatic N) is 3. The molecule has 0 spiro atoms. The molecular formula is C19H27N5O2. The van der Waals surface area contributed by atoms with Gasteiger partial charge in [0.15, 0.2) is 5.69 Å². The van der Waals surface area contributed by atoms with Gasteiger partial charge in [0.25, 0.3) is 5.91 Å². The molecular weight excluding hydrogens is 330 g/mol. The van der Waals surface area contributed by atoms with Crippen LogP contribution in [0.4, 0.5) is 0 Å². The predicted octanol–water partition coefficient (Wildman–Crippen LogP) is 2.08. The Morgan fingerprint density at radius 2 is 2.04 bits per heavy atom. The SMILES string of the molecule is CCc1c(C(=O)NCC(N)C2CC2)nnn1-c1ccc(OC(C)C)cc1. The van der Waals surface area contributed by atoms with Crippen molar-refractivity contribution in [3.8, 4) is 11.4 Å². The van der Waals surface area contributed by atoms with Gasteiger partial charge in [0.05, 0.1) is 17.5 Å². The van der Waals surface area contributed by atoms with E-state index in [1.807, 2.05) is 45.0 Å². The molecule has 2 aromatic rings. The Balaban J connectivity index is 1.73. The van der Waals surface area contributed by atoms with Crippen LogP contribution in [0.1, 0.15) is 49.8 Å². The molecule has 0 saturated heterocycles. The molecule has 1 amide bonds. The lowest BCUT2D eigenvalue weighted by atomic mass is 10.2. The lowest BCUT2D eigenvalue weighted by Crippen LogP contribution is -2.39. The van der Waals surface area contributed by atoms with E-state index in [4.69, 9.17) is 10.5 Å². The fourth-order valence-corrected chi connectivity index (χ4v) is 2.93. The van der Waals surface area contributed by atoms with E-state index < -0.39 is 0 Å². The van der Waals surface area contributed by atoms with Gasteiger partial charge in [0.1, 0.15) is 5.75 Å². The largest absolute Gasteiger partial charge is 0.491 e. The third-order valence-electron chi connectivity index (χ3n) is 4.49. The monoisotopic (exact) mass is 357 g/mol.